The number of amides is 11. The average molecular weight is 1380 g/mol. The van der Waals surface area contributed by atoms with Gasteiger partial charge >= 0.3 is 5.97 Å². The molecular formula is C57H96N12O27. The predicted octanol–water partition coefficient (Wildman–Crippen LogP) is -11.7. The Morgan fingerprint density at radius 3 is 1.34 bits per heavy atom. The lowest BCUT2D eigenvalue weighted by Crippen LogP contribution is -2.67. The highest BCUT2D eigenvalue weighted by Crippen LogP contribution is 2.29. The number of aliphatic hydroxyl groups is 10. The molecule has 22 N–H and O–H groups in total. The fourth-order valence-electron chi connectivity index (χ4n) is 11.1. The number of ether oxygens (including phenoxy) is 4. The van der Waals surface area contributed by atoms with Crippen molar-refractivity contribution in [2.75, 3.05) is 32.8 Å². The van der Waals surface area contributed by atoms with Crippen molar-refractivity contribution >= 4 is 70.9 Å². The summed E-state index contributed by atoms with van der Waals surface area (Å²) < 4.78 is 23.8. The third kappa shape index (κ3) is 21.5. The van der Waals surface area contributed by atoms with E-state index < -0.39 is 249 Å². The fraction of sp³-hybridized carbons (Fsp3) is 0.789. The summed E-state index contributed by atoms with van der Waals surface area (Å²) in [4.78, 5) is 164. The molecule has 0 aromatic carbocycles. The van der Waals surface area contributed by atoms with Gasteiger partial charge in [-0.05, 0) is 73.1 Å². The minimum atomic E-state index is -2.00. The smallest absolute Gasteiger partial charge is 0.322 e. The minimum absolute atomic E-state index is 0.0908. The standard InChI is InChI=1S/C57H96N12O27/c1-20(2)35(62-52(89)38(24(6)74)65-53(90)37(23(5)73)64-49(86)34(58)21(3)71)51(88)66-39(25(7)75)54(91)68-15-11-14-30(68)48(85)67-40(55(92)69-16-12-13-29(69)47(84)63-36(22(4)72)50(87)59-17-33(78)79)26(8)94-57-42(61-28(10)77)46(83)44(81)32(96-57)19-93-56-41(60-27(9)76)45(82)43(80)31(18-70)95-56/h20-26,29-32,34-46,56-57,70-75,80-83H,11-19,58H2,1-10H3,(H,59,87)(H,60,76)(H,61,77)(H,62,89)(H,63,84)(H,64,86)(H,65,90)(H,66,88)(H,67,85)(H,78,79)/t21-,22-,23-,24-,25-,26-,29+,30+,31-,32-,34+,35+,36+,37+,38+,39+,40+,41-,42-,43-,44+,45-,46-,56-,57+/m1/s1. The molecule has 25 atom stereocenters. The summed E-state index contributed by atoms with van der Waals surface area (Å²) in [5.74, 6) is -13.7. The van der Waals surface area contributed by atoms with E-state index in [0.29, 0.717) is 0 Å². The second-order valence-electron chi connectivity index (χ2n) is 24.7. The zero-order valence-electron chi connectivity index (χ0n) is 54.8. The van der Waals surface area contributed by atoms with E-state index in [1.165, 1.54) is 27.7 Å². The summed E-state index contributed by atoms with van der Waals surface area (Å²) in [6.07, 6.45) is -24.0. The Morgan fingerprint density at radius 1 is 0.510 bits per heavy atom. The summed E-state index contributed by atoms with van der Waals surface area (Å²) in [7, 11) is 0. The highest BCUT2D eigenvalue weighted by atomic mass is 16.7. The van der Waals surface area contributed by atoms with Crippen molar-refractivity contribution in [3.05, 3.63) is 0 Å². The second-order valence-corrected chi connectivity index (χ2v) is 24.7. The minimum Gasteiger partial charge on any atom is -0.480 e. The van der Waals surface area contributed by atoms with Gasteiger partial charge in [-0.15, -0.1) is 0 Å². The van der Waals surface area contributed by atoms with Crippen LogP contribution in [0.15, 0.2) is 0 Å². The molecule has 0 saturated carbocycles. The van der Waals surface area contributed by atoms with Crippen molar-refractivity contribution in [1.29, 1.82) is 0 Å². The Morgan fingerprint density at radius 2 is 0.906 bits per heavy atom. The number of nitrogens with one attached hydrogen (secondary N) is 9. The lowest BCUT2D eigenvalue weighted by Gasteiger charge is -2.45. The molecule has 0 aliphatic carbocycles. The normalized spacial score (nSPS) is 28.4. The molecule has 4 aliphatic heterocycles. The first-order valence-corrected chi connectivity index (χ1v) is 31.3. The van der Waals surface area contributed by atoms with E-state index in [-0.39, 0.29) is 38.8 Å². The molecule has 4 fully saturated rings. The van der Waals surface area contributed by atoms with Crippen LogP contribution >= 0.6 is 0 Å². The number of rotatable bonds is 32. The van der Waals surface area contributed by atoms with Crippen LogP contribution in [-0.4, -0.2) is 322 Å². The van der Waals surface area contributed by atoms with Gasteiger partial charge in [-0.1, -0.05) is 13.8 Å². The van der Waals surface area contributed by atoms with Gasteiger partial charge in [-0.3, -0.25) is 57.5 Å². The lowest BCUT2D eigenvalue weighted by molar-refractivity contribution is -0.308. The number of likely N-dealkylation sites (tertiary alicyclic amines) is 2. The summed E-state index contributed by atoms with van der Waals surface area (Å²) >= 11 is 0. The van der Waals surface area contributed by atoms with Crippen LogP contribution in [0.25, 0.3) is 0 Å². The molecule has 4 aliphatic rings. The first-order valence-electron chi connectivity index (χ1n) is 31.3. The van der Waals surface area contributed by atoms with E-state index in [4.69, 9.17) is 29.8 Å². The van der Waals surface area contributed by atoms with E-state index in [1.807, 2.05) is 5.32 Å². The Kier molecular flexibility index (Phi) is 31.0. The van der Waals surface area contributed by atoms with E-state index in [9.17, 15) is 104 Å². The van der Waals surface area contributed by atoms with Crippen molar-refractivity contribution in [3.8, 4) is 0 Å². The maximum Gasteiger partial charge on any atom is 0.322 e. The SMILES string of the molecule is CC(=O)N[C@H]1[C@@H](O[C@H](C)[C@H](NC(=O)[C@@H]2CCCN2C(=O)[C@@H](NC(=O)[C@@H](NC(=O)[C@@H](NC(=O)[C@@H](NC(=O)[C@@H](N)[C@@H](C)O)[C@@H](C)O)[C@@H](C)O)C(C)C)[C@@H](C)O)C(=O)N2CCC[C@H]2C(=O)N[C@H](C(=O)NCC(=O)O)[C@@H](C)O)O[C@H](CO[C@@H]2O[C@H](CO)[C@@H](O)[C@H](O)[C@H]2NC(C)=O)[C@H](O)[C@@H]1O. The van der Waals surface area contributed by atoms with Gasteiger partial charge in [0.1, 0.15) is 110 Å². The van der Waals surface area contributed by atoms with Gasteiger partial charge in [-0.25, -0.2) is 0 Å². The molecule has 39 heteroatoms. The van der Waals surface area contributed by atoms with Crippen LogP contribution in [-0.2, 0) is 76.5 Å². The highest BCUT2D eigenvalue weighted by molar-refractivity contribution is 5.99. The fourth-order valence-corrected chi connectivity index (χ4v) is 11.1. The van der Waals surface area contributed by atoms with Crippen LogP contribution in [0.2, 0.25) is 0 Å². The van der Waals surface area contributed by atoms with Gasteiger partial charge in [0.05, 0.1) is 49.8 Å². The van der Waals surface area contributed by atoms with Gasteiger partial charge in [0.25, 0.3) is 0 Å². The van der Waals surface area contributed by atoms with E-state index in [2.05, 4.69) is 42.5 Å². The number of aliphatic hydroxyl groups excluding tert-OH is 10. The van der Waals surface area contributed by atoms with Crippen LogP contribution in [0.1, 0.15) is 94.9 Å². The van der Waals surface area contributed by atoms with Crippen LogP contribution in [0.3, 0.4) is 0 Å². The van der Waals surface area contributed by atoms with Crippen molar-refractivity contribution in [1.82, 2.24) is 57.7 Å². The average Bonchev–Trinajstić information content (AvgIpc) is 1.17. The molecule has 0 aromatic rings. The molecular weight excluding hydrogens is 1280 g/mol. The van der Waals surface area contributed by atoms with Gasteiger partial charge < -0.3 is 139 Å². The molecule has 4 heterocycles. The van der Waals surface area contributed by atoms with Gasteiger partial charge in [0.2, 0.25) is 65.0 Å². The van der Waals surface area contributed by atoms with Crippen LogP contribution in [0.5, 0.6) is 0 Å². The molecule has 0 bridgehead atoms. The van der Waals surface area contributed by atoms with Gasteiger partial charge in [-0.2, -0.15) is 0 Å². The maximum atomic E-state index is 15.2. The predicted molar refractivity (Wildman–Crippen MR) is 323 cm³/mol. The van der Waals surface area contributed by atoms with E-state index in [1.54, 1.807) is 0 Å². The summed E-state index contributed by atoms with van der Waals surface area (Å²) in [5.41, 5.74) is 5.66. The molecule has 0 radical (unpaired) electrons. The molecule has 39 nitrogen and oxygen atoms in total. The summed E-state index contributed by atoms with van der Waals surface area (Å²) in [5, 5.41) is 137. The molecule has 0 spiro atoms. The van der Waals surface area contributed by atoms with Crippen molar-refractivity contribution in [2.45, 2.75) is 247 Å². The van der Waals surface area contributed by atoms with E-state index in [0.717, 1.165) is 51.3 Å². The maximum absolute atomic E-state index is 15.2. The molecule has 96 heavy (non-hydrogen) atoms. The van der Waals surface area contributed by atoms with E-state index >= 15 is 4.79 Å². The first kappa shape index (κ1) is 81.5. The number of nitrogens with zero attached hydrogens (tertiary/aromatic N) is 2. The number of nitrogens with two attached hydrogens (primary N) is 1. The Bertz CT molecular complexity index is 2730. The zero-order chi connectivity index (χ0) is 72.7. The second kappa shape index (κ2) is 36.6. The van der Waals surface area contributed by atoms with Crippen LogP contribution in [0, 0.1) is 5.92 Å². The number of carbonyl (C=O) groups excluding carboxylic acids is 11. The van der Waals surface area contributed by atoms with Crippen molar-refractivity contribution in [3.63, 3.8) is 0 Å². The number of carboxylic acid groups (broad SMARTS) is 1. The highest BCUT2D eigenvalue weighted by Gasteiger charge is 2.52. The topological polar surface area (TPSA) is 605 Å². The monoisotopic (exact) mass is 1380 g/mol. The largest absolute Gasteiger partial charge is 0.480 e. The van der Waals surface area contributed by atoms with Crippen LogP contribution in [0.4, 0.5) is 0 Å². The molecule has 0 aromatic heterocycles. The quantitative estimate of drug-likeness (QED) is 0.0297. The van der Waals surface area contributed by atoms with Crippen molar-refractivity contribution in [2.24, 2.45) is 11.7 Å². The third-order valence-corrected chi connectivity index (χ3v) is 16.5. The Labute approximate surface area is 551 Å². The Balaban J connectivity index is 1.69. The number of hydrogen-bond acceptors (Lipinski definition) is 27. The zero-order valence-corrected chi connectivity index (χ0v) is 54.8. The third-order valence-electron chi connectivity index (χ3n) is 16.5. The number of hydrogen-bond donors (Lipinski definition) is 21. The van der Waals surface area contributed by atoms with Gasteiger partial charge in [0, 0.05) is 26.9 Å². The number of aliphatic carboxylic acids is 1. The Hall–Kier alpha value is -6.96. The molecule has 11 amide bonds. The lowest BCUT2D eigenvalue weighted by atomic mass is 9.96. The summed E-state index contributed by atoms with van der Waals surface area (Å²) in [6.45, 7) is 8.93. The number of carboxylic acids is 1. The van der Waals surface area contributed by atoms with Gasteiger partial charge in [0.15, 0.2) is 12.6 Å². The molecule has 4 saturated heterocycles. The molecule has 4 rings (SSSR count). The summed E-state index contributed by atoms with van der Waals surface area (Å²) in [6, 6.07) is -18.6. The van der Waals surface area contributed by atoms with Crippen molar-refractivity contribution < 1.29 is 133 Å². The van der Waals surface area contributed by atoms with Crippen LogP contribution < -0.4 is 53.6 Å². The molecule has 0 unspecified atom stereocenters. The first-order chi connectivity index (χ1) is 44.7. The number of carbonyl (C=O) groups is 12. The molecule has 546 valence electrons.